The maximum Gasteiger partial charge on any atom is 0.139 e. The molecule has 0 fully saturated rings. The molecule has 0 saturated carbocycles. The molecule has 1 heterocycles. The molecule has 1 N–H and O–H groups in total. The van der Waals surface area contributed by atoms with E-state index in [4.69, 9.17) is 11.6 Å². The van der Waals surface area contributed by atoms with Crippen molar-refractivity contribution in [1.29, 1.82) is 0 Å². The molecule has 4 heteroatoms. The summed E-state index contributed by atoms with van der Waals surface area (Å²) in [5.74, 6) is 0.653. The number of halogens is 1. The Morgan fingerprint density at radius 3 is 3.00 bits per heavy atom. The lowest BCUT2D eigenvalue weighted by molar-refractivity contribution is 1.34. The number of aromatic nitrogens is 1. The van der Waals surface area contributed by atoms with Gasteiger partial charge in [-0.2, -0.15) is 0 Å². The summed E-state index contributed by atoms with van der Waals surface area (Å²) in [6.07, 6.45) is 1.74. The molecule has 58 valence electrons. The summed E-state index contributed by atoms with van der Waals surface area (Å²) in [7, 11) is 1.63. The largest absolute Gasteiger partial charge is 0.346 e. The van der Waals surface area contributed by atoms with Crippen molar-refractivity contribution in [2.75, 3.05) is 7.05 Å². The number of aromatic amines is 1. The number of H-pyrrole nitrogens is 1. The normalized spacial score (nSPS) is 11.6. The molecule has 1 aromatic rings. The summed E-state index contributed by atoms with van der Waals surface area (Å²) >= 11 is 5.76. The van der Waals surface area contributed by atoms with Crippen molar-refractivity contribution in [2.24, 2.45) is 9.98 Å². The lowest BCUT2D eigenvalue weighted by atomic mass is 10.3. The van der Waals surface area contributed by atoms with E-state index < -0.39 is 0 Å². The van der Waals surface area contributed by atoms with E-state index in [2.05, 4.69) is 21.7 Å². The van der Waals surface area contributed by atoms with Crippen molar-refractivity contribution in [1.82, 2.24) is 4.98 Å². The summed E-state index contributed by atoms with van der Waals surface area (Å²) in [6.45, 7) is 3.39. The maximum absolute atomic E-state index is 5.76. The van der Waals surface area contributed by atoms with E-state index in [9.17, 15) is 0 Å². The van der Waals surface area contributed by atoms with Crippen LogP contribution in [0.5, 0.6) is 0 Å². The predicted molar refractivity (Wildman–Crippen MR) is 48.3 cm³/mol. The van der Waals surface area contributed by atoms with Crippen LogP contribution in [0.2, 0.25) is 0 Å². The Labute approximate surface area is 69.8 Å². The molecule has 1 aromatic heterocycles. The molecule has 0 saturated heterocycles. The van der Waals surface area contributed by atoms with Gasteiger partial charge in [0.2, 0.25) is 0 Å². The van der Waals surface area contributed by atoms with Gasteiger partial charge in [-0.05, 0) is 12.8 Å². The van der Waals surface area contributed by atoms with Crippen molar-refractivity contribution < 1.29 is 0 Å². The van der Waals surface area contributed by atoms with E-state index in [1.165, 1.54) is 0 Å². The third-order valence-corrected chi connectivity index (χ3v) is 1.67. The average Bonchev–Trinajstić information content (AvgIpc) is 2.50. The Morgan fingerprint density at radius 2 is 2.45 bits per heavy atom. The van der Waals surface area contributed by atoms with Crippen molar-refractivity contribution >= 4 is 29.3 Å². The second-order valence-electron chi connectivity index (χ2n) is 1.91. The van der Waals surface area contributed by atoms with Gasteiger partial charge in [0.15, 0.2) is 0 Å². The fraction of sp³-hybridized carbons (Fsp3) is 0.143. The summed E-state index contributed by atoms with van der Waals surface area (Å²) in [6, 6.07) is 1.80. The van der Waals surface area contributed by atoms with Crippen LogP contribution >= 0.6 is 11.6 Å². The summed E-state index contributed by atoms with van der Waals surface area (Å²) in [4.78, 5) is 10.4. The van der Waals surface area contributed by atoms with Gasteiger partial charge in [-0.3, -0.25) is 4.99 Å². The standard InChI is InChI=1S/C7H8ClN3/c1-9-6(8)5-3-4-11-7(5)10-2/h3-4,11H,2H2,1H3/b9-6+. The maximum atomic E-state index is 5.76. The first-order valence-corrected chi connectivity index (χ1v) is 3.44. The number of aliphatic imine (C=N–C) groups is 2. The van der Waals surface area contributed by atoms with Crippen LogP contribution in [0.1, 0.15) is 5.56 Å². The molecule has 11 heavy (non-hydrogen) atoms. The van der Waals surface area contributed by atoms with Crippen LogP contribution < -0.4 is 0 Å². The van der Waals surface area contributed by atoms with E-state index in [0.29, 0.717) is 11.0 Å². The lowest BCUT2D eigenvalue weighted by Gasteiger charge is -1.93. The van der Waals surface area contributed by atoms with Crippen molar-refractivity contribution in [3.8, 4) is 0 Å². The molecule has 0 aliphatic heterocycles. The summed E-state index contributed by atoms with van der Waals surface area (Å²) in [5, 5.41) is 0.439. The Balaban J connectivity index is 3.12. The third kappa shape index (κ3) is 1.49. The van der Waals surface area contributed by atoms with Crippen LogP contribution in [0.25, 0.3) is 0 Å². The molecule has 3 nitrogen and oxygen atoms in total. The lowest BCUT2D eigenvalue weighted by Crippen LogP contribution is -1.87. The van der Waals surface area contributed by atoms with Crippen LogP contribution in [-0.2, 0) is 0 Å². The van der Waals surface area contributed by atoms with E-state index in [0.717, 1.165) is 5.56 Å². The zero-order valence-electron chi connectivity index (χ0n) is 6.13. The molecule has 0 amide bonds. The Kier molecular flexibility index (Phi) is 2.44. The first kappa shape index (κ1) is 8.01. The Bertz CT molecular complexity index is 288. The number of hydrogen-bond donors (Lipinski definition) is 1. The highest BCUT2D eigenvalue weighted by atomic mass is 35.5. The molecule has 0 aromatic carbocycles. The monoisotopic (exact) mass is 169 g/mol. The highest BCUT2D eigenvalue weighted by Gasteiger charge is 2.04. The quantitative estimate of drug-likeness (QED) is 0.658. The Hall–Kier alpha value is -1.09. The number of hydrogen-bond acceptors (Lipinski definition) is 2. The van der Waals surface area contributed by atoms with Crippen molar-refractivity contribution in [3.63, 3.8) is 0 Å². The molecule has 0 radical (unpaired) electrons. The van der Waals surface area contributed by atoms with Gasteiger partial charge < -0.3 is 4.98 Å². The van der Waals surface area contributed by atoms with Gasteiger partial charge in [0, 0.05) is 13.2 Å². The minimum Gasteiger partial charge on any atom is -0.346 e. The fourth-order valence-electron chi connectivity index (χ4n) is 0.778. The molecule has 0 bridgehead atoms. The van der Waals surface area contributed by atoms with Gasteiger partial charge in [0.05, 0.1) is 5.56 Å². The molecule has 0 spiro atoms. The summed E-state index contributed by atoms with van der Waals surface area (Å²) < 4.78 is 0. The van der Waals surface area contributed by atoms with E-state index >= 15 is 0 Å². The van der Waals surface area contributed by atoms with Crippen molar-refractivity contribution in [2.45, 2.75) is 0 Å². The van der Waals surface area contributed by atoms with Gasteiger partial charge in [-0.15, -0.1) is 0 Å². The third-order valence-electron chi connectivity index (χ3n) is 1.30. The average molecular weight is 170 g/mol. The van der Waals surface area contributed by atoms with Gasteiger partial charge in [0.1, 0.15) is 11.0 Å². The van der Waals surface area contributed by atoms with Gasteiger partial charge in [0.25, 0.3) is 0 Å². The highest BCUT2D eigenvalue weighted by Crippen LogP contribution is 2.17. The smallest absolute Gasteiger partial charge is 0.139 e. The molecule has 0 atom stereocenters. The molecule has 0 unspecified atom stereocenters. The van der Waals surface area contributed by atoms with Crippen LogP contribution in [0.3, 0.4) is 0 Å². The molecular formula is C7H8ClN3. The van der Waals surface area contributed by atoms with E-state index in [1.807, 2.05) is 0 Å². The zero-order chi connectivity index (χ0) is 8.27. The zero-order valence-corrected chi connectivity index (χ0v) is 6.89. The second kappa shape index (κ2) is 3.34. The second-order valence-corrected chi connectivity index (χ2v) is 2.27. The van der Waals surface area contributed by atoms with Crippen LogP contribution in [0.4, 0.5) is 5.82 Å². The van der Waals surface area contributed by atoms with Crippen LogP contribution in [0, 0.1) is 0 Å². The highest BCUT2D eigenvalue weighted by molar-refractivity contribution is 6.70. The van der Waals surface area contributed by atoms with Crippen LogP contribution in [-0.4, -0.2) is 23.9 Å². The minimum absolute atomic E-state index is 0.439. The number of nitrogens with one attached hydrogen (secondary N) is 1. The molecule has 1 rings (SSSR count). The van der Waals surface area contributed by atoms with Crippen LogP contribution in [0.15, 0.2) is 22.2 Å². The number of rotatable bonds is 2. The Morgan fingerprint density at radius 1 is 1.73 bits per heavy atom. The summed E-state index contributed by atoms with van der Waals surface area (Å²) in [5.41, 5.74) is 0.782. The van der Waals surface area contributed by atoms with Gasteiger partial charge in [-0.25, -0.2) is 4.99 Å². The first-order chi connectivity index (χ1) is 5.29. The van der Waals surface area contributed by atoms with E-state index in [-0.39, 0.29) is 0 Å². The molecule has 0 aliphatic carbocycles. The minimum atomic E-state index is 0.439. The SMILES string of the molecule is C=Nc1[nH]ccc1/C(Cl)=N\C. The van der Waals surface area contributed by atoms with E-state index in [1.54, 1.807) is 19.3 Å². The van der Waals surface area contributed by atoms with Crippen molar-refractivity contribution in [3.05, 3.63) is 17.8 Å². The first-order valence-electron chi connectivity index (χ1n) is 3.06. The van der Waals surface area contributed by atoms with Gasteiger partial charge in [-0.1, -0.05) is 11.6 Å². The number of nitrogens with zero attached hydrogens (tertiary/aromatic N) is 2. The fourth-order valence-corrected chi connectivity index (χ4v) is 0.931. The molecule has 0 aliphatic rings. The predicted octanol–water partition coefficient (Wildman–Crippen LogP) is 1.96. The topological polar surface area (TPSA) is 40.5 Å². The van der Waals surface area contributed by atoms with Gasteiger partial charge >= 0.3 is 0 Å². The molecular weight excluding hydrogens is 162 g/mol.